The van der Waals surface area contributed by atoms with Gasteiger partial charge in [-0.25, -0.2) is 5.43 Å². The number of amides is 1. The summed E-state index contributed by atoms with van der Waals surface area (Å²) in [6.45, 7) is 5.18. The number of aromatic hydroxyl groups is 1. The summed E-state index contributed by atoms with van der Waals surface area (Å²) in [4.78, 5) is 12.0. The van der Waals surface area contributed by atoms with Crippen molar-refractivity contribution in [2.24, 2.45) is 5.10 Å². The van der Waals surface area contributed by atoms with Crippen LogP contribution in [0.3, 0.4) is 0 Å². The van der Waals surface area contributed by atoms with Gasteiger partial charge in [0.25, 0.3) is 5.91 Å². The van der Waals surface area contributed by atoms with Crippen LogP contribution in [0.1, 0.15) is 34.4 Å². The number of aryl methyl sites for hydroxylation is 2. The van der Waals surface area contributed by atoms with Gasteiger partial charge in [0.15, 0.2) is 0 Å². The van der Waals surface area contributed by atoms with Crippen molar-refractivity contribution >= 4 is 11.6 Å². The maximum atomic E-state index is 12.0. The Hall–Kier alpha value is -2.76. The third-order valence-electron chi connectivity index (χ3n) is 3.21. The minimum absolute atomic E-state index is 0.0326. The maximum Gasteiger partial charge on any atom is 0.274 e. The van der Waals surface area contributed by atoms with E-state index >= 15 is 0 Å². The van der Waals surface area contributed by atoms with Gasteiger partial charge in [-0.1, -0.05) is 0 Å². The topological polar surface area (TPSA) is 84.1 Å². The third kappa shape index (κ3) is 3.28. The van der Waals surface area contributed by atoms with Crippen molar-refractivity contribution in [3.05, 3.63) is 46.9 Å². The van der Waals surface area contributed by atoms with E-state index < -0.39 is 0 Å². The van der Waals surface area contributed by atoms with Gasteiger partial charge in [-0.05, 0) is 39.0 Å². The predicted octanol–water partition coefficient (Wildman–Crippen LogP) is 2.76. The molecule has 6 heteroatoms. The Bertz CT molecular complexity index is 732. The zero-order valence-corrected chi connectivity index (χ0v) is 12.9. The number of furan rings is 1. The van der Waals surface area contributed by atoms with Gasteiger partial charge in [0.05, 0.1) is 18.4 Å². The Labute approximate surface area is 128 Å². The molecule has 0 aliphatic rings. The van der Waals surface area contributed by atoms with Crippen LogP contribution in [-0.4, -0.2) is 23.8 Å². The monoisotopic (exact) mass is 302 g/mol. The molecule has 0 saturated heterocycles. The Morgan fingerprint density at radius 1 is 1.27 bits per heavy atom. The number of methoxy groups -OCH3 is 1. The number of hydrogen-bond donors (Lipinski definition) is 2. The number of phenolic OH excluding ortho intramolecular Hbond substituents is 1. The van der Waals surface area contributed by atoms with Crippen LogP contribution in [0.4, 0.5) is 0 Å². The number of carbonyl (C=O) groups excluding carboxylic acids is 1. The molecule has 0 saturated carbocycles. The number of nitrogens with zero attached hydrogens (tertiary/aromatic N) is 1. The van der Waals surface area contributed by atoms with Crippen LogP contribution in [-0.2, 0) is 0 Å². The lowest BCUT2D eigenvalue weighted by molar-refractivity contribution is 0.0953. The predicted molar refractivity (Wildman–Crippen MR) is 82.5 cm³/mol. The van der Waals surface area contributed by atoms with Crippen LogP contribution >= 0.6 is 0 Å². The van der Waals surface area contributed by atoms with Gasteiger partial charge in [0, 0.05) is 11.6 Å². The molecular formula is C16H18N2O4. The number of nitrogens with one attached hydrogen (secondary N) is 1. The summed E-state index contributed by atoms with van der Waals surface area (Å²) in [5, 5.41) is 13.9. The second-order valence-corrected chi connectivity index (χ2v) is 4.85. The number of phenols is 1. The molecule has 0 atom stereocenters. The average Bonchev–Trinajstić information content (AvgIpc) is 2.83. The molecular weight excluding hydrogens is 284 g/mol. The van der Waals surface area contributed by atoms with E-state index in [1.54, 1.807) is 39.0 Å². The molecule has 1 heterocycles. The molecule has 2 N–H and O–H groups in total. The Balaban J connectivity index is 2.16. The van der Waals surface area contributed by atoms with Crippen molar-refractivity contribution < 1.29 is 19.1 Å². The van der Waals surface area contributed by atoms with E-state index in [1.165, 1.54) is 13.2 Å². The Kier molecular flexibility index (Phi) is 4.50. The summed E-state index contributed by atoms with van der Waals surface area (Å²) < 4.78 is 10.3. The highest BCUT2D eigenvalue weighted by Crippen LogP contribution is 2.23. The first-order valence-electron chi connectivity index (χ1n) is 6.71. The van der Waals surface area contributed by atoms with E-state index in [0.717, 1.165) is 0 Å². The van der Waals surface area contributed by atoms with Gasteiger partial charge in [0.2, 0.25) is 0 Å². The molecule has 0 radical (unpaired) electrons. The molecule has 0 aliphatic heterocycles. The van der Waals surface area contributed by atoms with Crippen LogP contribution in [0, 0.1) is 13.8 Å². The molecule has 0 spiro atoms. The van der Waals surface area contributed by atoms with Gasteiger partial charge in [-0.15, -0.1) is 0 Å². The molecule has 22 heavy (non-hydrogen) atoms. The normalized spacial score (nSPS) is 11.4. The van der Waals surface area contributed by atoms with Crippen molar-refractivity contribution in [2.45, 2.75) is 20.8 Å². The largest absolute Gasteiger partial charge is 0.507 e. The fourth-order valence-corrected chi connectivity index (χ4v) is 2.06. The maximum absolute atomic E-state index is 12.0. The number of carbonyl (C=O) groups is 1. The zero-order valence-electron chi connectivity index (χ0n) is 12.9. The molecule has 2 rings (SSSR count). The van der Waals surface area contributed by atoms with Crippen LogP contribution in [0.5, 0.6) is 11.5 Å². The van der Waals surface area contributed by atoms with E-state index in [4.69, 9.17) is 9.15 Å². The minimum atomic E-state index is -0.360. The van der Waals surface area contributed by atoms with Crippen LogP contribution in [0.2, 0.25) is 0 Å². The molecule has 1 aromatic heterocycles. The highest BCUT2D eigenvalue weighted by atomic mass is 16.5. The molecule has 0 fully saturated rings. The second-order valence-electron chi connectivity index (χ2n) is 4.85. The zero-order chi connectivity index (χ0) is 16.3. The summed E-state index contributed by atoms with van der Waals surface area (Å²) in [5.74, 6) is 1.42. The van der Waals surface area contributed by atoms with Gasteiger partial charge in [0.1, 0.15) is 23.0 Å². The molecule has 116 valence electrons. The molecule has 0 bridgehead atoms. The molecule has 2 aromatic rings. The summed E-state index contributed by atoms with van der Waals surface area (Å²) in [6.07, 6.45) is 0. The van der Waals surface area contributed by atoms with E-state index in [9.17, 15) is 9.90 Å². The molecule has 0 aliphatic carbocycles. The van der Waals surface area contributed by atoms with Gasteiger partial charge >= 0.3 is 0 Å². The number of rotatable bonds is 4. The quantitative estimate of drug-likeness (QED) is 0.672. The standard InChI is InChI=1S/C16H18N2O4/c1-9-7-14(11(3)22-9)16(20)18-17-10(2)13-6-5-12(21-4)8-15(13)19/h5-8,19H,1-4H3,(H,18,20). The fourth-order valence-electron chi connectivity index (χ4n) is 2.06. The molecule has 1 aromatic carbocycles. The van der Waals surface area contributed by atoms with Crippen molar-refractivity contribution in [1.82, 2.24) is 5.43 Å². The molecule has 0 unspecified atom stereocenters. The molecule has 6 nitrogen and oxygen atoms in total. The summed E-state index contributed by atoms with van der Waals surface area (Å²) in [7, 11) is 1.52. The lowest BCUT2D eigenvalue weighted by Crippen LogP contribution is -2.19. The first-order chi connectivity index (χ1) is 10.4. The number of hydrogen-bond acceptors (Lipinski definition) is 5. The minimum Gasteiger partial charge on any atom is -0.507 e. The fraction of sp³-hybridized carbons (Fsp3) is 0.250. The first-order valence-corrected chi connectivity index (χ1v) is 6.71. The van der Waals surface area contributed by atoms with Crippen molar-refractivity contribution in [3.63, 3.8) is 0 Å². The van der Waals surface area contributed by atoms with E-state index in [0.29, 0.717) is 34.1 Å². The SMILES string of the molecule is COc1ccc(C(C)=NNC(=O)c2cc(C)oc2C)c(O)c1. The van der Waals surface area contributed by atoms with E-state index in [2.05, 4.69) is 10.5 Å². The average molecular weight is 302 g/mol. The number of ether oxygens (including phenoxy) is 1. The van der Waals surface area contributed by atoms with Gasteiger partial charge in [-0.2, -0.15) is 5.10 Å². The highest BCUT2D eigenvalue weighted by molar-refractivity contribution is 6.02. The summed E-state index contributed by atoms with van der Waals surface area (Å²) in [5.41, 5.74) is 3.88. The van der Waals surface area contributed by atoms with Gasteiger partial charge in [-0.3, -0.25) is 4.79 Å². The van der Waals surface area contributed by atoms with Crippen molar-refractivity contribution in [3.8, 4) is 11.5 Å². The van der Waals surface area contributed by atoms with Crippen molar-refractivity contribution in [2.75, 3.05) is 7.11 Å². The van der Waals surface area contributed by atoms with Crippen LogP contribution in [0.15, 0.2) is 33.8 Å². The smallest absolute Gasteiger partial charge is 0.274 e. The van der Waals surface area contributed by atoms with Crippen LogP contribution < -0.4 is 10.2 Å². The number of benzene rings is 1. The molecule has 1 amide bonds. The second kappa shape index (κ2) is 6.34. The summed E-state index contributed by atoms with van der Waals surface area (Å²) in [6, 6.07) is 6.52. The highest BCUT2D eigenvalue weighted by Gasteiger charge is 2.13. The third-order valence-corrected chi connectivity index (χ3v) is 3.21. The van der Waals surface area contributed by atoms with E-state index in [-0.39, 0.29) is 11.7 Å². The number of hydrazone groups is 1. The van der Waals surface area contributed by atoms with Crippen LogP contribution in [0.25, 0.3) is 0 Å². The van der Waals surface area contributed by atoms with Gasteiger partial charge < -0.3 is 14.3 Å². The Morgan fingerprint density at radius 2 is 2.00 bits per heavy atom. The lowest BCUT2D eigenvalue weighted by Gasteiger charge is -2.07. The Morgan fingerprint density at radius 3 is 2.55 bits per heavy atom. The first kappa shape index (κ1) is 15.6. The van der Waals surface area contributed by atoms with Crippen molar-refractivity contribution in [1.29, 1.82) is 0 Å². The lowest BCUT2D eigenvalue weighted by atomic mass is 10.1. The van der Waals surface area contributed by atoms with E-state index in [1.807, 2.05) is 0 Å². The summed E-state index contributed by atoms with van der Waals surface area (Å²) >= 11 is 0.